The zero-order valence-electron chi connectivity index (χ0n) is 24.0. The fourth-order valence-corrected chi connectivity index (χ4v) is 5.84. The summed E-state index contributed by atoms with van der Waals surface area (Å²) >= 11 is 3.72. The number of aryl methyl sites for hydroxylation is 1. The van der Waals surface area contributed by atoms with Crippen molar-refractivity contribution in [2.24, 2.45) is 0 Å². The molecule has 40 heavy (non-hydrogen) atoms. The van der Waals surface area contributed by atoms with Crippen molar-refractivity contribution in [3.8, 4) is 0 Å². The van der Waals surface area contributed by atoms with Gasteiger partial charge in [-0.15, -0.1) is 11.6 Å². The molecule has 0 amide bonds. The maximum atomic E-state index is 8.44. The number of fused-ring (bicyclic) bond motifs is 1. The molecule has 4 rings (SSSR count). The van der Waals surface area contributed by atoms with Crippen LogP contribution in [0.2, 0.25) is 0 Å². The standard InChI is InChI=1S/C33H35BrN2.CH3.H2N.2U/c1-24(28-16-9-10-19-32(28)34)22-27(23-35)33(26-13-5-4-6-14-26)31(20-21-36(2)3)30-18-11-15-25-12-7-8-17-29(25)30;;;;/h4-10,12-14,16-19,22,24,33,35H,11,15,20-21H2,1-3H3;1H3;1H2;;/q-2;2*-1;2*+2/b27-22+;;;;/t24-,33?;;;;/m0..../s1. The van der Waals surface area contributed by atoms with Crippen molar-refractivity contribution >= 4 is 27.7 Å². The SMILES string of the molecule is C[C@@H](/C=C(\[C-]=N)C(c1ccccc1)[C-](CCN(C)C)C1=CCCc2ccccc21)c1ccccc1Br.[CH3-].[NH2-].[U+2].[U+2]. The van der Waals surface area contributed by atoms with Gasteiger partial charge >= 0.3 is 62.2 Å². The third-order valence-corrected chi connectivity index (χ3v) is 7.73. The second-order valence-electron chi connectivity index (χ2n) is 9.79. The van der Waals surface area contributed by atoms with Crippen LogP contribution in [0, 0.1) is 81.0 Å². The summed E-state index contributed by atoms with van der Waals surface area (Å²) in [6.45, 7) is 3.15. The molecule has 206 valence electrons. The van der Waals surface area contributed by atoms with Gasteiger partial charge in [0, 0.05) is 4.47 Å². The molecule has 3 N–H and O–H groups in total. The molecule has 0 radical (unpaired) electrons. The molecule has 0 spiro atoms. The number of allylic oxidation sites excluding steroid dienone is 4. The van der Waals surface area contributed by atoms with Gasteiger partial charge in [0.2, 0.25) is 0 Å². The second kappa shape index (κ2) is 19.4. The van der Waals surface area contributed by atoms with Crippen molar-refractivity contribution in [1.29, 1.82) is 5.41 Å². The van der Waals surface area contributed by atoms with E-state index in [1.165, 1.54) is 33.7 Å². The maximum absolute atomic E-state index is 8.44. The first-order valence-electron chi connectivity index (χ1n) is 12.7. The van der Waals surface area contributed by atoms with Crippen molar-refractivity contribution in [3.63, 3.8) is 0 Å². The van der Waals surface area contributed by atoms with Crippen LogP contribution in [0.15, 0.2) is 101 Å². The molecule has 1 aliphatic rings. The normalized spacial score (nSPS) is 13.6. The van der Waals surface area contributed by atoms with E-state index in [-0.39, 0.29) is 87.6 Å². The Morgan fingerprint density at radius 2 is 1.62 bits per heavy atom. The van der Waals surface area contributed by atoms with Crippen LogP contribution in [-0.2, 0) is 6.42 Å². The fraction of sp³-hybridized carbons (Fsp3) is 0.265. The van der Waals surface area contributed by atoms with E-state index in [4.69, 9.17) is 5.41 Å². The number of nitrogens with zero attached hydrogens (tertiary/aromatic N) is 1. The Morgan fingerprint density at radius 1 is 1.00 bits per heavy atom. The van der Waals surface area contributed by atoms with E-state index in [1.54, 1.807) is 0 Å². The molecule has 3 aromatic rings. The van der Waals surface area contributed by atoms with Crippen molar-refractivity contribution in [2.45, 2.75) is 38.0 Å². The summed E-state index contributed by atoms with van der Waals surface area (Å²) in [5, 5.41) is 8.44. The first kappa shape index (κ1) is 39.2. The third kappa shape index (κ3) is 9.88. The van der Waals surface area contributed by atoms with Gasteiger partial charge < -0.3 is 23.9 Å². The Kier molecular flexibility index (Phi) is 19.0. The molecule has 0 aromatic heterocycles. The molecule has 3 aromatic carbocycles. The fourth-order valence-electron chi connectivity index (χ4n) is 5.19. The van der Waals surface area contributed by atoms with Gasteiger partial charge in [-0.2, -0.15) is 23.8 Å². The van der Waals surface area contributed by atoms with Gasteiger partial charge in [0.15, 0.2) is 0 Å². The van der Waals surface area contributed by atoms with Crippen LogP contribution in [0.4, 0.5) is 0 Å². The van der Waals surface area contributed by atoms with Crippen LogP contribution in [0.25, 0.3) is 11.7 Å². The summed E-state index contributed by atoms with van der Waals surface area (Å²) in [5.41, 5.74) is 7.43. The number of rotatable bonds is 10. The number of benzene rings is 3. The average Bonchev–Trinajstić information content (AvgIpc) is 2.90. The van der Waals surface area contributed by atoms with Crippen LogP contribution in [0.5, 0.6) is 0 Å². The summed E-state index contributed by atoms with van der Waals surface area (Å²) < 4.78 is 1.09. The van der Waals surface area contributed by atoms with Gasteiger partial charge in [0.1, 0.15) is 0 Å². The van der Waals surface area contributed by atoms with Crippen molar-refractivity contribution in [2.75, 3.05) is 20.6 Å². The largest absolute Gasteiger partial charge is 2.00 e. The Labute approximate surface area is 298 Å². The van der Waals surface area contributed by atoms with Gasteiger partial charge in [-0.05, 0) is 44.6 Å². The molecule has 0 aliphatic heterocycles. The zero-order chi connectivity index (χ0) is 25.5. The van der Waals surface area contributed by atoms with E-state index in [0.29, 0.717) is 0 Å². The molecular weight excluding hydrogens is 1010 g/mol. The summed E-state index contributed by atoms with van der Waals surface area (Å²) in [5.74, 6) is 1.47. The minimum Gasteiger partial charge on any atom is -0.693 e. The molecule has 0 fully saturated rings. The number of nitrogens with one attached hydrogen (secondary N) is 1. The quantitative estimate of drug-likeness (QED) is 0.160. The number of hydrogen-bond donors (Lipinski definition) is 1. The van der Waals surface area contributed by atoms with E-state index >= 15 is 0 Å². The Morgan fingerprint density at radius 3 is 2.27 bits per heavy atom. The van der Waals surface area contributed by atoms with Crippen LogP contribution >= 0.6 is 15.9 Å². The molecule has 1 aliphatic carbocycles. The van der Waals surface area contributed by atoms with Crippen molar-refractivity contribution < 1.29 is 62.2 Å². The summed E-state index contributed by atoms with van der Waals surface area (Å²) in [7, 11) is 4.26. The molecule has 1 unspecified atom stereocenters. The molecule has 0 saturated heterocycles. The Hall–Kier alpha value is -0.816. The van der Waals surface area contributed by atoms with Crippen molar-refractivity contribution in [1.82, 2.24) is 4.90 Å². The van der Waals surface area contributed by atoms with E-state index < -0.39 is 0 Å². The molecule has 6 heteroatoms. The second-order valence-corrected chi connectivity index (χ2v) is 10.6. The van der Waals surface area contributed by atoms with Gasteiger partial charge in [0.05, 0.1) is 0 Å². The van der Waals surface area contributed by atoms with Gasteiger partial charge in [-0.3, -0.25) is 0 Å². The number of nitrogens with two attached hydrogens (primary N) is 1. The van der Waals surface area contributed by atoms with E-state index in [2.05, 4.69) is 133 Å². The Bertz CT molecular complexity index is 1240. The van der Waals surface area contributed by atoms with Crippen LogP contribution in [0.3, 0.4) is 0 Å². The van der Waals surface area contributed by atoms with Crippen molar-refractivity contribution in [3.05, 3.63) is 143 Å². The van der Waals surface area contributed by atoms with Crippen LogP contribution in [-0.4, -0.2) is 31.8 Å². The predicted molar refractivity (Wildman–Crippen MR) is 168 cm³/mol. The number of halogens is 1. The molecule has 0 saturated carbocycles. The van der Waals surface area contributed by atoms with Gasteiger partial charge in [-0.25, -0.2) is 11.6 Å². The molecule has 0 heterocycles. The van der Waals surface area contributed by atoms with E-state index in [0.717, 1.165) is 35.9 Å². The Balaban J connectivity index is 0.00000380. The molecule has 2 atom stereocenters. The monoisotopic (exact) mass is 1050 g/mol. The third-order valence-electron chi connectivity index (χ3n) is 7.01. The first-order valence-corrected chi connectivity index (χ1v) is 13.5. The van der Waals surface area contributed by atoms with Gasteiger partial charge in [0.25, 0.3) is 0 Å². The predicted octanol–water partition coefficient (Wildman–Crippen LogP) is 9.51. The average molecular weight is 1050 g/mol. The topological polar surface area (TPSA) is 60.6 Å². The van der Waals surface area contributed by atoms with Crippen LogP contribution in [0.1, 0.15) is 53.9 Å². The smallest absolute Gasteiger partial charge is 0.693 e. The van der Waals surface area contributed by atoms with E-state index in [1.807, 2.05) is 6.07 Å². The molecular formula is C34H40BrN3U2. The summed E-state index contributed by atoms with van der Waals surface area (Å²) in [6.07, 6.45) is 10.6. The van der Waals surface area contributed by atoms with E-state index in [9.17, 15) is 0 Å². The number of hydrogen-bond acceptors (Lipinski definition) is 2. The van der Waals surface area contributed by atoms with Crippen LogP contribution < -0.4 is 0 Å². The van der Waals surface area contributed by atoms with Gasteiger partial charge in [-0.1, -0.05) is 119 Å². The molecule has 0 bridgehead atoms. The minimum absolute atomic E-state index is 0. The summed E-state index contributed by atoms with van der Waals surface area (Å²) in [4.78, 5) is 2.25. The summed E-state index contributed by atoms with van der Waals surface area (Å²) in [6, 6.07) is 27.8. The minimum atomic E-state index is -0.0361. The first-order chi connectivity index (χ1) is 17.5. The zero-order valence-corrected chi connectivity index (χ0v) is 34.0. The molecule has 3 nitrogen and oxygen atoms in total. The maximum Gasteiger partial charge on any atom is 2.00 e.